The van der Waals surface area contributed by atoms with E-state index >= 15 is 0 Å². The van der Waals surface area contributed by atoms with Gasteiger partial charge in [-0.15, -0.1) is 0 Å². The van der Waals surface area contributed by atoms with E-state index in [1.807, 2.05) is 0 Å². The van der Waals surface area contributed by atoms with E-state index in [0.717, 1.165) is 9.59 Å². The van der Waals surface area contributed by atoms with Crippen LogP contribution >= 0.6 is 0 Å². The zero-order valence-corrected chi connectivity index (χ0v) is 8.56. The van der Waals surface area contributed by atoms with Crippen molar-refractivity contribution in [1.29, 1.82) is 0 Å². The van der Waals surface area contributed by atoms with Crippen molar-refractivity contribution in [1.82, 2.24) is 0 Å². The molecule has 0 aromatic rings. The summed E-state index contributed by atoms with van der Waals surface area (Å²) in [6.45, 7) is 2.60. The fourth-order valence-electron chi connectivity index (χ4n) is 0.917. The van der Waals surface area contributed by atoms with Gasteiger partial charge in [0.15, 0.2) is 0 Å². The van der Waals surface area contributed by atoms with E-state index in [1.165, 1.54) is 47.2 Å². The van der Waals surface area contributed by atoms with Gasteiger partial charge in [-0.3, -0.25) is 0 Å². The van der Waals surface area contributed by atoms with Crippen LogP contribution in [0, 0.1) is 0 Å². The van der Waals surface area contributed by atoms with Crippen LogP contribution in [0.5, 0.6) is 0 Å². The standard InChI is InChI=1S/C7H15O.Na/c1-2-3-4-5-6-7-8;/h5,8H,2-4,6-7H2,1H3;. The second-order valence-corrected chi connectivity index (χ2v) is 4.39. The van der Waals surface area contributed by atoms with Crippen LogP contribution in [0.1, 0.15) is 32.6 Å². The first-order chi connectivity index (χ1) is 4.31. The van der Waals surface area contributed by atoms with Crippen LogP contribution in [0.3, 0.4) is 0 Å². The van der Waals surface area contributed by atoms with Gasteiger partial charge in [-0.1, -0.05) is 0 Å². The average Bonchev–Trinajstić information content (AvgIpc) is 1.85. The molecule has 1 nitrogen and oxygen atoms in total. The van der Waals surface area contributed by atoms with E-state index in [9.17, 15) is 0 Å². The van der Waals surface area contributed by atoms with Gasteiger partial charge in [-0.25, -0.2) is 0 Å². The number of aliphatic hydroxyl groups excluding tert-OH is 1. The quantitative estimate of drug-likeness (QED) is 0.571. The fourth-order valence-corrected chi connectivity index (χ4v) is 1.58. The molecular formula is C7H15NaO. The zero-order valence-electron chi connectivity index (χ0n) is 6.56. The normalized spacial score (nSPS) is 13.8. The summed E-state index contributed by atoms with van der Waals surface area (Å²) in [5, 5.41) is 8.56. The zero-order chi connectivity index (χ0) is 7.11. The first-order valence-corrected chi connectivity index (χ1v) is 5.07. The Morgan fingerprint density at radius 2 is 2.11 bits per heavy atom. The van der Waals surface area contributed by atoms with E-state index < -0.39 is 0 Å². The Hall–Kier alpha value is 0.960. The topological polar surface area (TPSA) is 20.2 Å². The molecule has 1 unspecified atom stereocenters. The van der Waals surface area contributed by atoms with Gasteiger partial charge >= 0.3 is 75.4 Å². The summed E-state index contributed by atoms with van der Waals surface area (Å²) >= 11 is 1.25. The first-order valence-electron chi connectivity index (χ1n) is 3.92. The minimum absolute atomic E-state index is 0.387. The van der Waals surface area contributed by atoms with E-state index in [-0.39, 0.29) is 0 Å². The van der Waals surface area contributed by atoms with Crippen molar-refractivity contribution in [2.45, 2.75) is 35.8 Å². The van der Waals surface area contributed by atoms with Gasteiger partial charge in [-0.05, 0) is 0 Å². The molecule has 9 heavy (non-hydrogen) atoms. The number of rotatable bonds is 5. The van der Waals surface area contributed by atoms with Gasteiger partial charge in [0.2, 0.25) is 0 Å². The summed E-state index contributed by atoms with van der Waals surface area (Å²) < 4.78 is 0.856. The van der Waals surface area contributed by atoms with Gasteiger partial charge in [0.25, 0.3) is 0 Å². The summed E-state index contributed by atoms with van der Waals surface area (Å²) in [5.41, 5.74) is 0. The Bertz CT molecular complexity index is 56.9. The molecule has 0 amide bonds. The fraction of sp³-hybridized carbons (Fsp3) is 1.00. The number of hydrogen-bond donors (Lipinski definition) is 1. The van der Waals surface area contributed by atoms with Gasteiger partial charge in [0.05, 0.1) is 0 Å². The third kappa shape index (κ3) is 6.85. The minimum atomic E-state index is 0.387. The molecule has 0 spiro atoms. The van der Waals surface area contributed by atoms with Crippen LogP contribution in [0.4, 0.5) is 0 Å². The molecule has 2 heteroatoms. The molecule has 0 rings (SSSR count). The van der Waals surface area contributed by atoms with Crippen molar-refractivity contribution in [2.75, 3.05) is 6.61 Å². The van der Waals surface area contributed by atoms with E-state index in [2.05, 4.69) is 6.92 Å². The second-order valence-electron chi connectivity index (χ2n) is 2.76. The van der Waals surface area contributed by atoms with Crippen molar-refractivity contribution >= 4 is 27.9 Å². The molecule has 1 atom stereocenters. The SMILES string of the molecule is CCCC[CH]([Na])CCO. The second kappa shape index (κ2) is 7.07. The third-order valence-corrected chi connectivity index (χ3v) is 2.83. The van der Waals surface area contributed by atoms with Gasteiger partial charge in [0.1, 0.15) is 0 Å². The van der Waals surface area contributed by atoms with Crippen LogP contribution < -0.4 is 0 Å². The monoisotopic (exact) mass is 138 g/mol. The molecule has 0 aliphatic heterocycles. The molecular weight excluding hydrogens is 123 g/mol. The molecule has 0 aliphatic carbocycles. The number of hydrogen-bond acceptors (Lipinski definition) is 1. The Morgan fingerprint density at radius 1 is 1.44 bits per heavy atom. The summed E-state index contributed by atoms with van der Waals surface area (Å²) in [5.74, 6) is 0. The molecule has 50 valence electrons. The van der Waals surface area contributed by atoms with Crippen molar-refractivity contribution < 1.29 is 5.11 Å². The van der Waals surface area contributed by atoms with Crippen LogP contribution in [0.25, 0.3) is 0 Å². The Kier molecular flexibility index (Phi) is 7.83. The molecule has 0 saturated heterocycles. The van der Waals surface area contributed by atoms with Crippen LogP contribution in [-0.2, 0) is 0 Å². The van der Waals surface area contributed by atoms with E-state index in [1.54, 1.807) is 0 Å². The maximum absolute atomic E-state index is 8.56. The third-order valence-electron chi connectivity index (χ3n) is 1.67. The Balaban J connectivity index is 2.95. The van der Waals surface area contributed by atoms with Gasteiger partial charge in [0, 0.05) is 0 Å². The van der Waals surface area contributed by atoms with Crippen LogP contribution in [0.15, 0.2) is 0 Å². The van der Waals surface area contributed by atoms with Crippen LogP contribution in [0.2, 0.25) is 3.17 Å². The molecule has 0 fully saturated rings. The van der Waals surface area contributed by atoms with Crippen molar-refractivity contribution in [3.8, 4) is 0 Å². The summed E-state index contributed by atoms with van der Waals surface area (Å²) in [7, 11) is 0. The van der Waals surface area contributed by atoms with Crippen molar-refractivity contribution in [3.05, 3.63) is 0 Å². The number of aliphatic hydroxyl groups is 1. The van der Waals surface area contributed by atoms with Gasteiger partial charge in [-0.2, -0.15) is 0 Å². The maximum atomic E-state index is 8.56. The Labute approximate surface area is 75.3 Å². The van der Waals surface area contributed by atoms with Crippen molar-refractivity contribution in [2.24, 2.45) is 0 Å². The molecule has 0 heterocycles. The molecule has 0 aliphatic rings. The molecule has 0 radical (unpaired) electrons. The average molecular weight is 138 g/mol. The molecule has 0 aromatic heterocycles. The molecule has 0 aromatic carbocycles. The predicted molar refractivity (Wildman–Crippen MR) is 40.7 cm³/mol. The van der Waals surface area contributed by atoms with E-state index in [4.69, 9.17) is 5.11 Å². The van der Waals surface area contributed by atoms with E-state index in [0.29, 0.717) is 6.61 Å². The molecule has 0 saturated carbocycles. The predicted octanol–water partition coefficient (Wildman–Crippen LogP) is 1.52. The van der Waals surface area contributed by atoms with Crippen molar-refractivity contribution in [3.63, 3.8) is 0 Å². The number of unbranched alkanes of at least 4 members (excludes halogenated alkanes) is 1. The summed E-state index contributed by atoms with van der Waals surface area (Å²) in [6, 6.07) is 0. The molecule has 1 N–H and O–H groups in total. The molecule has 0 bridgehead atoms. The summed E-state index contributed by atoms with van der Waals surface area (Å²) in [4.78, 5) is 0. The summed E-state index contributed by atoms with van der Waals surface area (Å²) in [6.07, 6.45) is 5.01. The van der Waals surface area contributed by atoms with Crippen LogP contribution in [-0.4, -0.2) is 39.6 Å². The Morgan fingerprint density at radius 3 is 2.56 bits per heavy atom. The van der Waals surface area contributed by atoms with Gasteiger partial charge < -0.3 is 0 Å². The first kappa shape index (κ1) is 9.96.